The van der Waals surface area contributed by atoms with Crippen molar-refractivity contribution in [2.75, 3.05) is 42.9 Å². The summed E-state index contributed by atoms with van der Waals surface area (Å²) in [6.45, 7) is 3.99. The Morgan fingerprint density at radius 2 is 1.78 bits per heavy atom. The standard InChI is InChI=1S/C26H33N9O5S/c1-16-20-15-29-26(31-24(20)35(18-5-3-4-6-18)25(38)23(16)17(2)36)30-21-8-7-19(14-28-21)33-9-11-34(12-10-33)41(39,40)32-22(37)13-27/h7-8,14-15,18H,3-6,9-13,27H2,1-2H3,(H,32,37)(H,28,29,30,31). The number of Topliss-reactive ketones (excluding diaryl/α,β-unsaturated/α-hetero) is 1. The number of carbonyl (C=O) groups excluding carboxylic acids is 2. The molecule has 1 aliphatic carbocycles. The number of fused-ring (bicyclic) bond motifs is 1. The highest BCUT2D eigenvalue weighted by molar-refractivity contribution is 7.87. The largest absolute Gasteiger partial charge is 0.368 e. The first kappa shape index (κ1) is 28.6. The molecule has 4 N–H and O–H groups in total. The molecule has 2 aliphatic rings. The van der Waals surface area contributed by atoms with E-state index >= 15 is 0 Å². The third-order valence-corrected chi connectivity index (χ3v) is 9.14. The van der Waals surface area contributed by atoms with Gasteiger partial charge in [-0.3, -0.25) is 19.0 Å². The van der Waals surface area contributed by atoms with Crippen molar-refractivity contribution >= 4 is 50.4 Å². The van der Waals surface area contributed by atoms with Gasteiger partial charge < -0.3 is 16.0 Å². The highest BCUT2D eigenvalue weighted by Gasteiger charge is 2.29. The second-order valence-corrected chi connectivity index (χ2v) is 11.9. The third kappa shape index (κ3) is 5.78. The Labute approximate surface area is 237 Å². The number of hydrogen-bond acceptors (Lipinski definition) is 11. The summed E-state index contributed by atoms with van der Waals surface area (Å²) in [6.07, 6.45) is 7.05. The van der Waals surface area contributed by atoms with Gasteiger partial charge in [-0.2, -0.15) is 17.7 Å². The monoisotopic (exact) mass is 583 g/mol. The van der Waals surface area contributed by atoms with Crippen LogP contribution in [0.5, 0.6) is 0 Å². The van der Waals surface area contributed by atoms with Gasteiger partial charge in [-0.15, -0.1) is 0 Å². The van der Waals surface area contributed by atoms with Gasteiger partial charge in [-0.05, 0) is 44.4 Å². The van der Waals surface area contributed by atoms with Crippen LogP contribution < -0.4 is 26.2 Å². The van der Waals surface area contributed by atoms with Crippen molar-refractivity contribution in [2.24, 2.45) is 5.73 Å². The number of hydrogen-bond donors (Lipinski definition) is 3. The number of pyridine rings is 2. The van der Waals surface area contributed by atoms with Crippen LogP contribution in [-0.2, 0) is 15.0 Å². The molecule has 1 amide bonds. The van der Waals surface area contributed by atoms with Crippen molar-refractivity contribution in [1.82, 2.24) is 28.5 Å². The second-order valence-electron chi connectivity index (χ2n) is 10.2. The Bertz CT molecular complexity index is 1640. The maximum Gasteiger partial charge on any atom is 0.303 e. The van der Waals surface area contributed by atoms with Crippen molar-refractivity contribution < 1.29 is 18.0 Å². The first-order valence-corrected chi connectivity index (χ1v) is 14.9. The van der Waals surface area contributed by atoms with E-state index in [-0.39, 0.29) is 42.0 Å². The topological polar surface area (TPSA) is 186 Å². The Morgan fingerprint density at radius 3 is 2.39 bits per heavy atom. The fraction of sp³-hybridized carbons (Fsp3) is 0.462. The van der Waals surface area contributed by atoms with Crippen LogP contribution in [0, 0.1) is 6.92 Å². The highest BCUT2D eigenvalue weighted by atomic mass is 32.2. The van der Waals surface area contributed by atoms with Gasteiger partial charge in [0.25, 0.3) is 5.56 Å². The number of nitrogens with zero attached hydrogens (tertiary/aromatic N) is 6. The molecule has 1 saturated heterocycles. The van der Waals surface area contributed by atoms with Gasteiger partial charge in [0.1, 0.15) is 11.5 Å². The minimum Gasteiger partial charge on any atom is -0.368 e. The predicted octanol–water partition coefficient (Wildman–Crippen LogP) is 0.998. The number of rotatable bonds is 8. The van der Waals surface area contributed by atoms with E-state index < -0.39 is 22.7 Å². The molecule has 3 aromatic rings. The molecule has 1 saturated carbocycles. The molecule has 0 unspecified atom stereocenters. The number of aromatic nitrogens is 4. The van der Waals surface area contributed by atoms with Crippen LogP contribution in [0.15, 0.2) is 29.3 Å². The number of ketones is 1. The molecule has 5 rings (SSSR count). The van der Waals surface area contributed by atoms with Crippen LogP contribution in [-0.4, -0.2) is 76.7 Å². The van der Waals surface area contributed by atoms with Crippen LogP contribution in [0.1, 0.15) is 54.6 Å². The molecule has 218 valence electrons. The highest BCUT2D eigenvalue weighted by Crippen LogP contribution is 2.32. The maximum atomic E-state index is 13.4. The number of anilines is 3. The van der Waals surface area contributed by atoms with Gasteiger partial charge in [-0.25, -0.2) is 14.7 Å². The summed E-state index contributed by atoms with van der Waals surface area (Å²) in [4.78, 5) is 52.8. The molecular weight excluding hydrogens is 550 g/mol. The number of aryl methyl sites for hydroxylation is 1. The molecule has 4 heterocycles. The molecule has 14 nitrogen and oxygen atoms in total. The smallest absolute Gasteiger partial charge is 0.303 e. The Kier molecular flexibility index (Phi) is 8.02. The second kappa shape index (κ2) is 11.5. The summed E-state index contributed by atoms with van der Waals surface area (Å²) < 4.78 is 29.5. The van der Waals surface area contributed by atoms with Crippen LogP contribution in [0.2, 0.25) is 0 Å². The zero-order valence-electron chi connectivity index (χ0n) is 23.0. The molecule has 1 aliphatic heterocycles. The Morgan fingerprint density at radius 1 is 1.07 bits per heavy atom. The van der Waals surface area contributed by atoms with E-state index in [4.69, 9.17) is 5.73 Å². The maximum absolute atomic E-state index is 13.4. The number of piperazine rings is 1. The third-order valence-electron chi connectivity index (χ3n) is 7.61. The average molecular weight is 584 g/mol. The molecule has 2 fully saturated rings. The summed E-state index contributed by atoms with van der Waals surface area (Å²) in [5.41, 5.74) is 6.96. The van der Waals surface area contributed by atoms with E-state index in [1.165, 1.54) is 11.2 Å². The van der Waals surface area contributed by atoms with Crippen molar-refractivity contribution in [3.63, 3.8) is 0 Å². The molecule has 15 heteroatoms. The van der Waals surface area contributed by atoms with Gasteiger partial charge in [-0.1, -0.05) is 12.8 Å². The molecular formula is C26H33N9O5S. The summed E-state index contributed by atoms with van der Waals surface area (Å²) in [5.74, 6) is -0.259. The van der Waals surface area contributed by atoms with Crippen molar-refractivity contribution in [1.29, 1.82) is 0 Å². The van der Waals surface area contributed by atoms with Gasteiger partial charge in [0.2, 0.25) is 11.9 Å². The molecule has 3 aromatic heterocycles. The van der Waals surface area contributed by atoms with Crippen LogP contribution in [0.25, 0.3) is 11.0 Å². The molecule has 0 atom stereocenters. The number of carbonyl (C=O) groups is 2. The van der Waals surface area contributed by atoms with Crippen molar-refractivity contribution in [2.45, 2.75) is 45.6 Å². The number of amides is 1. The molecule has 0 radical (unpaired) electrons. The molecule has 41 heavy (non-hydrogen) atoms. The minimum absolute atomic E-state index is 0.0174. The van der Waals surface area contributed by atoms with Crippen molar-refractivity contribution in [3.8, 4) is 0 Å². The van der Waals surface area contributed by atoms with Crippen LogP contribution in [0.4, 0.5) is 17.5 Å². The van der Waals surface area contributed by atoms with Crippen LogP contribution >= 0.6 is 0 Å². The van der Waals surface area contributed by atoms with E-state index in [0.717, 1.165) is 31.4 Å². The lowest BCUT2D eigenvalue weighted by atomic mass is 10.0. The molecule has 0 aromatic carbocycles. The van der Waals surface area contributed by atoms with Gasteiger partial charge in [0.15, 0.2) is 5.78 Å². The first-order valence-electron chi connectivity index (χ1n) is 13.5. The van der Waals surface area contributed by atoms with E-state index in [1.54, 1.807) is 30.0 Å². The summed E-state index contributed by atoms with van der Waals surface area (Å²) in [6, 6.07) is 3.60. The summed E-state index contributed by atoms with van der Waals surface area (Å²) >= 11 is 0. The average Bonchev–Trinajstić information content (AvgIpc) is 3.47. The SMILES string of the molecule is CC(=O)c1c(C)c2cnc(Nc3ccc(N4CCN(S(=O)(=O)NC(=O)CN)CC4)cn3)nc2n(C2CCCC2)c1=O. The van der Waals surface area contributed by atoms with E-state index in [0.29, 0.717) is 35.5 Å². The zero-order valence-corrected chi connectivity index (χ0v) is 23.8. The lowest BCUT2D eigenvalue weighted by Crippen LogP contribution is -2.53. The van der Waals surface area contributed by atoms with Gasteiger partial charge >= 0.3 is 10.2 Å². The van der Waals surface area contributed by atoms with Crippen LogP contribution in [0.3, 0.4) is 0 Å². The molecule has 0 bridgehead atoms. The molecule has 0 spiro atoms. The van der Waals surface area contributed by atoms with Crippen molar-refractivity contribution in [3.05, 3.63) is 46.0 Å². The number of nitrogens with two attached hydrogens (primary N) is 1. The zero-order chi connectivity index (χ0) is 29.3. The predicted molar refractivity (Wildman–Crippen MR) is 153 cm³/mol. The van der Waals surface area contributed by atoms with Gasteiger partial charge in [0, 0.05) is 43.8 Å². The quantitative estimate of drug-likeness (QED) is 0.321. The minimum atomic E-state index is -3.93. The lowest BCUT2D eigenvalue weighted by Gasteiger charge is -2.35. The lowest BCUT2D eigenvalue weighted by molar-refractivity contribution is -0.118. The summed E-state index contributed by atoms with van der Waals surface area (Å²) in [7, 11) is -3.93. The van der Waals surface area contributed by atoms with Gasteiger partial charge in [0.05, 0.1) is 24.0 Å². The van der Waals surface area contributed by atoms with E-state index in [9.17, 15) is 22.8 Å². The summed E-state index contributed by atoms with van der Waals surface area (Å²) in [5, 5.41) is 3.76. The number of nitrogens with one attached hydrogen (secondary N) is 2. The fourth-order valence-corrected chi connectivity index (χ4v) is 6.65. The Balaban J connectivity index is 1.33. The first-order chi connectivity index (χ1) is 19.6. The Hall–Kier alpha value is -3.95. The van der Waals surface area contributed by atoms with E-state index in [2.05, 4.69) is 20.3 Å². The normalized spacial score (nSPS) is 16.7. The fourth-order valence-electron chi connectivity index (χ4n) is 5.51. The van der Waals surface area contributed by atoms with E-state index in [1.807, 2.05) is 15.7 Å².